The smallest absolute Gasteiger partial charge is 0.232 e. The zero-order valence-corrected chi connectivity index (χ0v) is 10.1. The Kier molecular flexibility index (Phi) is 2.97. The molecule has 2 aliphatic rings. The third-order valence-corrected chi connectivity index (χ3v) is 3.90. The Bertz CT molecular complexity index is 334. The van der Waals surface area contributed by atoms with Crippen molar-refractivity contribution in [1.29, 1.82) is 0 Å². The van der Waals surface area contributed by atoms with Gasteiger partial charge in [0.15, 0.2) is 0 Å². The summed E-state index contributed by atoms with van der Waals surface area (Å²) in [5, 5.41) is 0. The highest BCUT2D eigenvalue weighted by molar-refractivity contribution is 7.80. The number of amides is 2. The minimum absolute atomic E-state index is 0.0195. The molecule has 2 fully saturated rings. The number of thiocarbonyl (C=S) groups is 1. The molecular weight excluding hydrogens is 224 g/mol. The predicted molar refractivity (Wildman–Crippen MR) is 63.5 cm³/mol. The van der Waals surface area contributed by atoms with Crippen molar-refractivity contribution in [3.05, 3.63) is 0 Å². The average molecular weight is 240 g/mol. The van der Waals surface area contributed by atoms with Gasteiger partial charge in [0.05, 0.1) is 11.0 Å². The third-order valence-electron chi connectivity index (χ3n) is 3.63. The van der Waals surface area contributed by atoms with E-state index < -0.39 is 6.04 Å². The summed E-state index contributed by atoms with van der Waals surface area (Å²) in [5.41, 5.74) is 5.60. The SMILES string of the molecule is CCC(C(N)=S)N1C(=O)C2CCC(C2)C1=O. The second kappa shape index (κ2) is 4.13. The number of hydrogen-bond donors (Lipinski definition) is 1. The molecule has 1 aliphatic heterocycles. The lowest BCUT2D eigenvalue weighted by atomic mass is 9.95. The van der Waals surface area contributed by atoms with Crippen LogP contribution < -0.4 is 5.73 Å². The van der Waals surface area contributed by atoms with Crippen LogP contribution in [0.5, 0.6) is 0 Å². The molecule has 1 aliphatic carbocycles. The fourth-order valence-electron chi connectivity index (χ4n) is 2.75. The molecule has 2 rings (SSSR count). The molecule has 2 N–H and O–H groups in total. The predicted octanol–water partition coefficient (Wildman–Crippen LogP) is 0.836. The number of carbonyl (C=O) groups excluding carboxylic acids is 2. The van der Waals surface area contributed by atoms with Gasteiger partial charge in [0.2, 0.25) is 11.8 Å². The second-order valence-corrected chi connectivity index (χ2v) is 5.05. The lowest BCUT2D eigenvalue weighted by molar-refractivity contribution is -0.154. The molecule has 1 saturated carbocycles. The van der Waals surface area contributed by atoms with E-state index >= 15 is 0 Å². The molecule has 1 heterocycles. The zero-order valence-electron chi connectivity index (χ0n) is 9.31. The molecule has 16 heavy (non-hydrogen) atoms. The van der Waals surface area contributed by atoms with E-state index in [4.69, 9.17) is 18.0 Å². The highest BCUT2D eigenvalue weighted by Crippen LogP contribution is 2.39. The Morgan fingerprint density at radius 2 is 1.94 bits per heavy atom. The number of piperidine rings is 1. The molecule has 0 radical (unpaired) electrons. The van der Waals surface area contributed by atoms with E-state index in [2.05, 4.69) is 0 Å². The fourth-order valence-corrected chi connectivity index (χ4v) is 3.02. The molecule has 0 spiro atoms. The van der Waals surface area contributed by atoms with E-state index in [-0.39, 0.29) is 28.6 Å². The monoisotopic (exact) mass is 240 g/mol. The molecule has 3 unspecified atom stereocenters. The number of imide groups is 1. The molecule has 5 heteroatoms. The van der Waals surface area contributed by atoms with Gasteiger partial charge < -0.3 is 5.73 Å². The number of rotatable bonds is 3. The Balaban J connectivity index is 2.28. The maximum atomic E-state index is 12.1. The van der Waals surface area contributed by atoms with Crippen LogP contribution in [0.15, 0.2) is 0 Å². The van der Waals surface area contributed by atoms with Crippen LogP contribution in [0.1, 0.15) is 32.6 Å². The first-order chi connectivity index (χ1) is 7.56. The number of carbonyl (C=O) groups is 2. The summed E-state index contributed by atoms with van der Waals surface area (Å²) >= 11 is 4.93. The van der Waals surface area contributed by atoms with Gasteiger partial charge in [0.25, 0.3) is 0 Å². The van der Waals surface area contributed by atoms with Crippen molar-refractivity contribution in [3.8, 4) is 0 Å². The molecule has 2 amide bonds. The molecule has 88 valence electrons. The third kappa shape index (κ3) is 1.63. The van der Waals surface area contributed by atoms with Crippen LogP contribution in [0.3, 0.4) is 0 Å². The minimum Gasteiger partial charge on any atom is -0.392 e. The fraction of sp³-hybridized carbons (Fsp3) is 0.727. The summed E-state index contributed by atoms with van der Waals surface area (Å²) in [6, 6.07) is -0.390. The number of fused-ring (bicyclic) bond motifs is 2. The summed E-state index contributed by atoms with van der Waals surface area (Å²) in [6.07, 6.45) is 2.99. The number of likely N-dealkylation sites (tertiary alicyclic amines) is 1. The van der Waals surface area contributed by atoms with Crippen molar-refractivity contribution in [3.63, 3.8) is 0 Å². The summed E-state index contributed by atoms with van der Waals surface area (Å²) in [6.45, 7) is 1.89. The van der Waals surface area contributed by atoms with Gasteiger partial charge in [-0.1, -0.05) is 19.1 Å². The first-order valence-electron chi connectivity index (χ1n) is 5.72. The Morgan fingerprint density at radius 3 is 2.31 bits per heavy atom. The molecule has 0 aromatic heterocycles. The van der Waals surface area contributed by atoms with Gasteiger partial charge in [-0.3, -0.25) is 14.5 Å². The Morgan fingerprint density at radius 1 is 1.44 bits per heavy atom. The number of hydrogen-bond acceptors (Lipinski definition) is 3. The van der Waals surface area contributed by atoms with E-state index in [0.717, 1.165) is 19.3 Å². The van der Waals surface area contributed by atoms with Crippen molar-refractivity contribution in [1.82, 2.24) is 4.90 Å². The van der Waals surface area contributed by atoms with E-state index in [9.17, 15) is 9.59 Å². The summed E-state index contributed by atoms with van der Waals surface area (Å²) in [5.74, 6) is -0.103. The van der Waals surface area contributed by atoms with Crippen molar-refractivity contribution >= 4 is 29.0 Å². The maximum Gasteiger partial charge on any atom is 0.232 e. The largest absolute Gasteiger partial charge is 0.392 e. The zero-order chi connectivity index (χ0) is 11.9. The van der Waals surface area contributed by atoms with Crippen molar-refractivity contribution in [2.24, 2.45) is 17.6 Å². The summed E-state index contributed by atoms with van der Waals surface area (Å²) in [4.78, 5) is 25.7. The lowest BCUT2D eigenvalue weighted by Gasteiger charge is -2.35. The highest BCUT2D eigenvalue weighted by atomic mass is 32.1. The molecule has 2 bridgehead atoms. The van der Waals surface area contributed by atoms with Crippen LogP contribution in [0.25, 0.3) is 0 Å². The minimum atomic E-state index is -0.390. The molecule has 4 nitrogen and oxygen atoms in total. The van der Waals surface area contributed by atoms with E-state index in [1.165, 1.54) is 4.90 Å². The quantitative estimate of drug-likeness (QED) is 0.586. The first-order valence-corrected chi connectivity index (χ1v) is 6.13. The van der Waals surface area contributed by atoms with E-state index in [1.54, 1.807) is 0 Å². The van der Waals surface area contributed by atoms with Crippen LogP contribution in [0.2, 0.25) is 0 Å². The van der Waals surface area contributed by atoms with Crippen molar-refractivity contribution in [2.45, 2.75) is 38.6 Å². The topological polar surface area (TPSA) is 63.4 Å². The summed E-state index contributed by atoms with van der Waals surface area (Å²) < 4.78 is 0. The van der Waals surface area contributed by atoms with Gasteiger partial charge >= 0.3 is 0 Å². The molecular formula is C11H16N2O2S. The second-order valence-electron chi connectivity index (χ2n) is 4.58. The van der Waals surface area contributed by atoms with E-state index in [0.29, 0.717) is 6.42 Å². The maximum absolute atomic E-state index is 12.1. The van der Waals surface area contributed by atoms with Crippen molar-refractivity contribution in [2.75, 3.05) is 0 Å². The van der Waals surface area contributed by atoms with Crippen LogP contribution in [0.4, 0.5) is 0 Å². The summed E-state index contributed by atoms with van der Waals surface area (Å²) in [7, 11) is 0. The van der Waals surface area contributed by atoms with Gasteiger partial charge in [0.1, 0.15) is 0 Å². The Hall–Kier alpha value is -0.970. The van der Waals surface area contributed by atoms with Gasteiger partial charge in [-0.2, -0.15) is 0 Å². The number of nitrogens with zero attached hydrogens (tertiary/aromatic N) is 1. The van der Waals surface area contributed by atoms with Crippen LogP contribution in [-0.4, -0.2) is 27.7 Å². The van der Waals surface area contributed by atoms with Gasteiger partial charge in [-0.25, -0.2) is 0 Å². The standard InChI is InChI=1S/C11H16N2O2S/c1-2-8(9(12)16)13-10(14)6-3-4-7(5-6)11(13)15/h6-8H,2-5H2,1H3,(H2,12,16). The molecule has 3 atom stereocenters. The highest BCUT2D eigenvalue weighted by Gasteiger charge is 2.47. The molecule has 1 saturated heterocycles. The van der Waals surface area contributed by atoms with Crippen LogP contribution >= 0.6 is 12.2 Å². The Labute approximate surface area is 100 Å². The molecule has 0 aromatic carbocycles. The van der Waals surface area contributed by atoms with Crippen LogP contribution in [-0.2, 0) is 9.59 Å². The van der Waals surface area contributed by atoms with Gasteiger partial charge in [0, 0.05) is 11.8 Å². The van der Waals surface area contributed by atoms with Gasteiger partial charge in [-0.15, -0.1) is 0 Å². The molecule has 0 aromatic rings. The van der Waals surface area contributed by atoms with Gasteiger partial charge in [-0.05, 0) is 25.7 Å². The number of nitrogens with two attached hydrogens (primary N) is 1. The van der Waals surface area contributed by atoms with Crippen molar-refractivity contribution < 1.29 is 9.59 Å². The van der Waals surface area contributed by atoms with Crippen LogP contribution in [0, 0.1) is 11.8 Å². The normalized spacial score (nSPS) is 30.7. The lowest BCUT2D eigenvalue weighted by Crippen LogP contribution is -2.55. The first kappa shape index (κ1) is 11.5. The average Bonchev–Trinajstić information content (AvgIpc) is 2.67. The van der Waals surface area contributed by atoms with E-state index in [1.807, 2.05) is 6.92 Å².